The van der Waals surface area contributed by atoms with Crippen molar-refractivity contribution in [1.29, 1.82) is 0 Å². The number of amides is 1. The van der Waals surface area contributed by atoms with Gasteiger partial charge in [0, 0.05) is 3.57 Å². The molecule has 3 aromatic rings. The molecule has 3 rings (SSSR count). The number of carbonyl (C=O) groups is 1. The minimum Gasteiger partial charge on any atom is -0.503 e. The molecule has 0 saturated carbocycles. The van der Waals surface area contributed by atoms with E-state index in [1.54, 1.807) is 61.5 Å². The molecule has 0 radical (unpaired) electrons. The Labute approximate surface area is 220 Å². The fourth-order valence-electron chi connectivity index (χ4n) is 2.92. The van der Waals surface area contributed by atoms with Crippen LogP contribution in [-0.4, -0.2) is 38.8 Å². The Morgan fingerprint density at radius 1 is 1.18 bits per heavy atom. The molecule has 0 spiro atoms. The number of nitrogens with zero attached hydrogens (tertiary/aromatic N) is 2. The van der Waals surface area contributed by atoms with Crippen molar-refractivity contribution >= 4 is 66.4 Å². The molecule has 0 unspecified atom stereocenters. The average Bonchev–Trinajstić information content (AvgIpc) is 2.82. The Morgan fingerprint density at radius 3 is 2.50 bits per heavy atom. The van der Waals surface area contributed by atoms with Crippen LogP contribution in [0.3, 0.4) is 0 Å². The van der Waals surface area contributed by atoms with Crippen LogP contribution >= 0.6 is 38.5 Å². The molecule has 0 aromatic heterocycles. The number of ether oxygens (including phenoxy) is 1. The van der Waals surface area contributed by atoms with Crippen LogP contribution in [-0.2, 0) is 14.8 Å². The number of sulfonamides is 1. The standard InChI is InChI=1S/C23H21BrIN3O5S/c1-2-33-21-13-16(12-20(24)23(21)30)14-26-27-22(29)15-28(18-10-8-17(25)9-11-18)34(31,32)19-6-4-3-5-7-19/h3-14,30H,2,15H2,1H3,(H,27,29)/b26-14-. The minimum atomic E-state index is -3.99. The quantitative estimate of drug-likeness (QED) is 0.200. The summed E-state index contributed by atoms with van der Waals surface area (Å²) >= 11 is 5.36. The van der Waals surface area contributed by atoms with E-state index in [4.69, 9.17) is 4.74 Å². The molecule has 0 heterocycles. The van der Waals surface area contributed by atoms with Crippen LogP contribution in [0.25, 0.3) is 0 Å². The molecule has 0 aliphatic carbocycles. The lowest BCUT2D eigenvalue weighted by atomic mass is 10.2. The fourth-order valence-corrected chi connectivity index (χ4v) is 5.18. The molecule has 0 aliphatic rings. The van der Waals surface area contributed by atoms with E-state index in [-0.39, 0.29) is 16.4 Å². The maximum atomic E-state index is 13.3. The highest BCUT2D eigenvalue weighted by atomic mass is 127. The monoisotopic (exact) mass is 657 g/mol. The zero-order chi connectivity index (χ0) is 24.7. The highest BCUT2D eigenvalue weighted by molar-refractivity contribution is 14.1. The number of phenols is 1. The van der Waals surface area contributed by atoms with Crippen LogP contribution in [0, 0.1) is 3.57 Å². The van der Waals surface area contributed by atoms with Crippen LogP contribution < -0.4 is 14.5 Å². The maximum absolute atomic E-state index is 13.3. The topological polar surface area (TPSA) is 108 Å². The van der Waals surface area contributed by atoms with Crippen molar-refractivity contribution in [1.82, 2.24) is 5.43 Å². The first-order valence-electron chi connectivity index (χ1n) is 10.0. The summed E-state index contributed by atoms with van der Waals surface area (Å²) in [4.78, 5) is 12.7. The molecule has 0 atom stereocenters. The third-order valence-corrected chi connectivity index (χ3v) is 7.60. The molecule has 0 bridgehead atoms. The van der Waals surface area contributed by atoms with Gasteiger partial charge in [-0.15, -0.1) is 0 Å². The van der Waals surface area contributed by atoms with Gasteiger partial charge in [0.1, 0.15) is 6.54 Å². The highest BCUT2D eigenvalue weighted by Crippen LogP contribution is 2.35. The van der Waals surface area contributed by atoms with E-state index >= 15 is 0 Å². The Balaban J connectivity index is 1.81. The van der Waals surface area contributed by atoms with E-state index in [1.165, 1.54) is 18.3 Å². The van der Waals surface area contributed by atoms with Gasteiger partial charge < -0.3 is 9.84 Å². The van der Waals surface area contributed by atoms with Crippen LogP contribution in [0.15, 0.2) is 81.2 Å². The van der Waals surface area contributed by atoms with Crippen molar-refractivity contribution in [3.63, 3.8) is 0 Å². The number of rotatable bonds is 9. The zero-order valence-electron chi connectivity index (χ0n) is 18.0. The molecule has 1 amide bonds. The van der Waals surface area contributed by atoms with Crippen LogP contribution in [0.4, 0.5) is 5.69 Å². The van der Waals surface area contributed by atoms with Gasteiger partial charge in [0.25, 0.3) is 15.9 Å². The number of halogens is 2. The molecule has 0 aliphatic heterocycles. The highest BCUT2D eigenvalue weighted by Gasteiger charge is 2.27. The largest absolute Gasteiger partial charge is 0.503 e. The molecule has 0 saturated heterocycles. The summed E-state index contributed by atoms with van der Waals surface area (Å²) in [5, 5.41) is 13.9. The van der Waals surface area contributed by atoms with Crippen molar-refractivity contribution in [2.24, 2.45) is 5.10 Å². The third kappa shape index (κ3) is 6.48. The molecule has 8 nitrogen and oxygen atoms in total. The zero-order valence-corrected chi connectivity index (χ0v) is 22.5. The number of phenolic OH excluding ortho intramolecular Hbond substituents is 1. The Morgan fingerprint density at radius 2 is 1.85 bits per heavy atom. The summed E-state index contributed by atoms with van der Waals surface area (Å²) < 4.78 is 34.3. The van der Waals surface area contributed by atoms with Crippen molar-refractivity contribution in [3.8, 4) is 11.5 Å². The van der Waals surface area contributed by atoms with Crippen molar-refractivity contribution in [2.45, 2.75) is 11.8 Å². The van der Waals surface area contributed by atoms with Gasteiger partial charge in [-0.1, -0.05) is 18.2 Å². The van der Waals surface area contributed by atoms with Crippen molar-refractivity contribution in [2.75, 3.05) is 17.5 Å². The summed E-state index contributed by atoms with van der Waals surface area (Å²) in [6.07, 6.45) is 1.37. The second-order valence-electron chi connectivity index (χ2n) is 6.88. The first-order chi connectivity index (χ1) is 16.2. The van der Waals surface area contributed by atoms with E-state index in [2.05, 4.69) is 49.0 Å². The number of hydrogen-bond acceptors (Lipinski definition) is 6. The number of hydrogen-bond donors (Lipinski definition) is 2. The summed E-state index contributed by atoms with van der Waals surface area (Å²) in [7, 11) is -3.99. The SMILES string of the molecule is CCOc1cc(/C=N\NC(=O)CN(c2ccc(I)cc2)S(=O)(=O)c2ccccc2)cc(Br)c1O. The third-order valence-electron chi connectivity index (χ3n) is 4.49. The number of nitrogens with one attached hydrogen (secondary N) is 1. The lowest BCUT2D eigenvalue weighted by Gasteiger charge is -2.23. The Bertz CT molecular complexity index is 1290. The molecule has 0 fully saturated rings. The molecule has 11 heteroatoms. The Hall–Kier alpha value is -2.64. The summed E-state index contributed by atoms with van der Waals surface area (Å²) in [5.41, 5.74) is 3.27. The van der Waals surface area contributed by atoms with Gasteiger partial charge in [0.2, 0.25) is 0 Å². The molecule has 2 N–H and O–H groups in total. The number of carbonyl (C=O) groups excluding carboxylic acids is 1. The number of anilines is 1. The second-order valence-corrected chi connectivity index (χ2v) is 10.8. The average molecular weight is 658 g/mol. The lowest BCUT2D eigenvalue weighted by Crippen LogP contribution is -2.39. The molecular weight excluding hydrogens is 637 g/mol. The molecule has 178 valence electrons. The van der Waals surface area contributed by atoms with Crippen LogP contribution in [0.2, 0.25) is 0 Å². The second kappa shape index (κ2) is 11.7. The van der Waals surface area contributed by atoms with E-state index in [0.717, 1.165) is 7.88 Å². The van der Waals surface area contributed by atoms with E-state index in [9.17, 15) is 18.3 Å². The fraction of sp³-hybridized carbons (Fsp3) is 0.130. The lowest BCUT2D eigenvalue weighted by molar-refractivity contribution is -0.119. The molecule has 34 heavy (non-hydrogen) atoms. The van der Waals surface area contributed by atoms with Gasteiger partial charge in [-0.25, -0.2) is 13.8 Å². The van der Waals surface area contributed by atoms with Gasteiger partial charge in [-0.2, -0.15) is 5.10 Å². The number of benzene rings is 3. The minimum absolute atomic E-state index is 0.0395. The Kier molecular flexibility index (Phi) is 8.91. The summed E-state index contributed by atoms with van der Waals surface area (Å²) in [5.74, 6) is -0.400. The normalized spacial score (nSPS) is 11.4. The predicted octanol–water partition coefficient (Wildman–Crippen LogP) is 4.50. The van der Waals surface area contributed by atoms with Gasteiger partial charge in [-0.05, 0) is 99.5 Å². The van der Waals surface area contributed by atoms with Crippen LogP contribution in [0.1, 0.15) is 12.5 Å². The van der Waals surface area contributed by atoms with Gasteiger partial charge in [-0.3, -0.25) is 9.10 Å². The first kappa shape index (κ1) is 26.0. The maximum Gasteiger partial charge on any atom is 0.264 e. The van der Waals surface area contributed by atoms with Gasteiger partial charge in [0.15, 0.2) is 11.5 Å². The van der Waals surface area contributed by atoms with Crippen molar-refractivity contribution < 1.29 is 23.1 Å². The smallest absolute Gasteiger partial charge is 0.264 e. The van der Waals surface area contributed by atoms with E-state index in [0.29, 0.717) is 22.3 Å². The summed E-state index contributed by atoms with van der Waals surface area (Å²) in [6, 6.07) is 17.9. The number of hydrazone groups is 1. The summed E-state index contributed by atoms with van der Waals surface area (Å²) in [6.45, 7) is 1.68. The molecule has 3 aromatic carbocycles. The van der Waals surface area contributed by atoms with E-state index < -0.39 is 22.5 Å². The predicted molar refractivity (Wildman–Crippen MR) is 143 cm³/mol. The van der Waals surface area contributed by atoms with Gasteiger partial charge >= 0.3 is 0 Å². The van der Waals surface area contributed by atoms with Gasteiger partial charge in [0.05, 0.1) is 27.9 Å². The first-order valence-corrected chi connectivity index (χ1v) is 13.3. The molecular formula is C23H21BrIN3O5S. The van der Waals surface area contributed by atoms with E-state index in [1.807, 2.05) is 0 Å². The van der Waals surface area contributed by atoms with Crippen LogP contribution in [0.5, 0.6) is 11.5 Å². The number of aromatic hydroxyl groups is 1. The van der Waals surface area contributed by atoms with Crippen molar-refractivity contribution in [3.05, 3.63) is 80.3 Å².